The van der Waals surface area contributed by atoms with Gasteiger partial charge in [-0.2, -0.15) is 0 Å². The molecule has 0 atom stereocenters. The SMILES string of the molecule is CC=CCOc1c(Br)cc(CNCCOC)cc1OC. The van der Waals surface area contributed by atoms with Crippen LogP contribution in [-0.2, 0) is 11.3 Å². The zero-order valence-electron chi connectivity index (χ0n) is 12.2. The second-order valence-electron chi connectivity index (χ2n) is 4.16. The van der Waals surface area contributed by atoms with Gasteiger partial charge in [-0.15, -0.1) is 0 Å². The Morgan fingerprint density at radius 2 is 2.10 bits per heavy atom. The molecule has 0 radical (unpaired) electrons. The molecule has 5 heteroatoms. The molecule has 4 nitrogen and oxygen atoms in total. The lowest BCUT2D eigenvalue weighted by Gasteiger charge is -2.14. The third-order valence-corrected chi connectivity index (χ3v) is 3.25. The summed E-state index contributed by atoms with van der Waals surface area (Å²) in [7, 11) is 3.34. The topological polar surface area (TPSA) is 39.7 Å². The van der Waals surface area contributed by atoms with Gasteiger partial charge < -0.3 is 19.5 Å². The summed E-state index contributed by atoms with van der Waals surface area (Å²) >= 11 is 3.53. The van der Waals surface area contributed by atoms with Crippen LogP contribution in [-0.4, -0.2) is 34.0 Å². The van der Waals surface area contributed by atoms with Crippen LogP contribution in [0.1, 0.15) is 12.5 Å². The number of halogens is 1. The van der Waals surface area contributed by atoms with E-state index in [1.165, 1.54) is 0 Å². The molecule has 0 aliphatic heterocycles. The normalized spacial score (nSPS) is 11.0. The number of benzene rings is 1. The molecule has 0 amide bonds. The summed E-state index contributed by atoms with van der Waals surface area (Å²) in [6.07, 6.45) is 3.90. The molecule has 1 aromatic rings. The first-order valence-corrected chi connectivity index (χ1v) is 7.32. The number of ether oxygens (including phenoxy) is 3. The van der Waals surface area contributed by atoms with Crippen LogP contribution in [0.25, 0.3) is 0 Å². The van der Waals surface area contributed by atoms with Crippen molar-refractivity contribution in [1.82, 2.24) is 5.32 Å². The molecule has 1 aromatic carbocycles. The number of hydrogen-bond donors (Lipinski definition) is 1. The van der Waals surface area contributed by atoms with E-state index in [0.29, 0.717) is 13.2 Å². The zero-order valence-corrected chi connectivity index (χ0v) is 13.8. The largest absolute Gasteiger partial charge is 0.493 e. The summed E-state index contributed by atoms with van der Waals surface area (Å²) in [6.45, 7) is 4.76. The van der Waals surface area contributed by atoms with E-state index >= 15 is 0 Å². The highest BCUT2D eigenvalue weighted by Gasteiger charge is 2.11. The summed E-state index contributed by atoms with van der Waals surface area (Å²) in [4.78, 5) is 0. The Kier molecular flexibility index (Phi) is 8.34. The van der Waals surface area contributed by atoms with Gasteiger partial charge >= 0.3 is 0 Å². The molecule has 0 aromatic heterocycles. The van der Waals surface area contributed by atoms with E-state index in [4.69, 9.17) is 14.2 Å². The van der Waals surface area contributed by atoms with Gasteiger partial charge in [0.2, 0.25) is 0 Å². The Labute approximate surface area is 129 Å². The Morgan fingerprint density at radius 3 is 2.75 bits per heavy atom. The number of nitrogens with one attached hydrogen (secondary N) is 1. The van der Waals surface area contributed by atoms with Gasteiger partial charge in [0.15, 0.2) is 11.5 Å². The van der Waals surface area contributed by atoms with Gasteiger partial charge in [0.05, 0.1) is 18.2 Å². The Bertz CT molecular complexity index is 435. The lowest BCUT2D eigenvalue weighted by atomic mass is 10.2. The predicted molar refractivity (Wildman–Crippen MR) is 84.6 cm³/mol. The molecule has 0 saturated carbocycles. The Hall–Kier alpha value is -1.04. The molecule has 0 heterocycles. The van der Waals surface area contributed by atoms with Crippen LogP contribution < -0.4 is 14.8 Å². The number of hydrogen-bond acceptors (Lipinski definition) is 4. The van der Waals surface area contributed by atoms with Crippen LogP contribution in [0.4, 0.5) is 0 Å². The molecule has 0 unspecified atom stereocenters. The minimum absolute atomic E-state index is 0.525. The summed E-state index contributed by atoms with van der Waals surface area (Å²) in [5.41, 5.74) is 1.13. The molecule has 1 rings (SSSR count). The van der Waals surface area contributed by atoms with Crippen molar-refractivity contribution in [3.8, 4) is 11.5 Å². The Morgan fingerprint density at radius 1 is 1.30 bits per heavy atom. The third-order valence-electron chi connectivity index (χ3n) is 2.66. The van der Waals surface area contributed by atoms with Crippen molar-refractivity contribution in [3.05, 3.63) is 34.3 Å². The van der Waals surface area contributed by atoms with Crippen molar-refractivity contribution in [2.75, 3.05) is 34.0 Å². The smallest absolute Gasteiger partial charge is 0.175 e. The maximum absolute atomic E-state index is 5.70. The van der Waals surface area contributed by atoms with E-state index in [-0.39, 0.29) is 0 Å². The average molecular weight is 344 g/mol. The highest BCUT2D eigenvalue weighted by atomic mass is 79.9. The van der Waals surface area contributed by atoms with Crippen LogP contribution in [0, 0.1) is 0 Å². The molecule has 112 valence electrons. The van der Waals surface area contributed by atoms with Crippen molar-refractivity contribution in [1.29, 1.82) is 0 Å². The van der Waals surface area contributed by atoms with E-state index in [0.717, 1.165) is 34.6 Å². The lowest BCUT2D eigenvalue weighted by Crippen LogP contribution is -2.18. The predicted octanol–water partition coefficient (Wildman–Crippen LogP) is 3.15. The molecule has 0 spiro atoms. The van der Waals surface area contributed by atoms with Crippen LogP contribution in [0.2, 0.25) is 0 Å². The quantitative estimate of drug-likeness (QED) is 0.552. The first-order valence-electron chi connectivity index (χ1n) is 6.53. The molecule has 0 aliphatic rings. The standard InChI is InChI=1S/C15H22BrNO3/c1-4-5-7-20-15-13(16)9-12(10-14(15)19-3)11-17-6-8-18-2/h4-5,9-10,17H,6-8,11H2,1-3H3. The maximum Gasteiger partial charge on any atom is 0.175 e. The van der Waals surface area contributed by atoms with Crippen LogP contribution in [0.5, 0.6) is 11.5 Å². The van der Waals surface area contributed by atoms with Gasteiger partial charge in [0.1, 0.15) is 6.61 Å². The molecular weight excluding hydrogens is 322 g/mol. The fourth-order valence-corrected chi connectivity index (χ4v) is 2.25. The maximum atomic E-state index is 5.70. The van der Waals surface area contributed by atoms with Crippen molar-refractivity contribution >= 4 is 15.9 Å². The minimum Gasteiger partial charge on any atom is -0.493 e. The molecular formula is C15H22BrNO3. The summed E-state index contributed by atoms with van der Waals surface area (Å²) in [5, 5.41) is 3.30. The van der Waals surface area contributed by atoms with Crippen LogP contribution in [0.3, 0.4) is 0 Å². The minimum atomic E-state index is 0.525. The number of allylic oxidation sites excluding steroid dienone is 1. The third kappa shape index (κ3) is 5.53. The average Bonchev–Trinajstić information content (AvgIpc) is 2.45. The van der Waals surface area contributed by atoms with Gasteiger partial charge in [-0.3, -0.25) is 0 Å². The van der Waals surface area contributed by atoms with E-state index < -0.39 is 0 Å². The van der Waals surface area contributed by atoms with Crippen LogP contribution >= 0.6 is 15.9 Å². The van der Waals surface area contributed by atoms with Gasteiger partial charge in [-0.1, -0.05) is 12.2 Å². The summed E-state index contributed by atoms with van der Waals surface area (Å²) in [5.74, 6) is 1.46. The monoisotopic (exact) mass is 343 g/mol. The Balaban J connectivity index is 2.73. The first-order chi connectivity index (χ1) is 9.72. The summed E-state index contributed by atoms with van der Waals surface area (Å²) in [6, 6.07) is 4.02. The molecule has 0 aliphatic carbocycles. The molecule has 0 bridgehead atoms. The second-order valence-corrected chi connectivity index (χ2v) is 5.01. The van der Waals surface area contributed by atoms with Gasteiger partial charge in [-0.25, -0.2) is 0 Å². The van der Waals surface area contributed by atoms with Gasteiger partial charge in [-0.05, 0) is 40.5 Å². The van der Waals surface area contributed by atoms with Crippen LogP contribution in [0.15, 0.2) is 28.8 Å². The van der Waals surface area contributed by atoms with E-state index in [1.54, 1.807) is 14.2 Å². The molecule has 1 N–H and O–H groups in total. The van der Waals surface area contributed by atoms with E-state index in [9.17, 15) is 0 Å². The molecule has 0 fully saturated rings. The highest BCUT2D eigenvalue weighted by Crippen LogP contribution is 2.36. The molecule has 20 heavy (non-hydrogen) atoms. The summed E-state index contributed by atoms with van der Waals surface area (Å²) < 4.78 is 17.0. The van der Waals surface area contributed by atoms with Crippen molar-refractivity contribution in [2.45, 2.75) is 13.5 Å². The lowest BCUT2D eigenvalue weighted by molar-refractivity contribution is 0.199. The molecule has 0 saturated heterocycles. The van der Waals surface area contributed by atoms with Gasteiger partial charge in [0, 0.05) is 20.2 Å². The fraction of sp³-hybridized carbons (Fsp3) is 0.467. The first kappa shape index (κ1) is 17.0. The van der Waals surface area contributed by atoms with Crippen molar-refractivity contribution in [3.63, 3.8) is 0 Å². The zero-order chi connectivity index (χ0) is 14.8. The van der Waals surface area contributed by atoms with Crippen molar-refractivity contribution < 1.29 is 14.2 Å². The van der Waals surface area contributed by atoms with Gasteiger partial charge in [0.25, 0.3) is 0 Å². The fourth-order valence-electron chi connectivity index (χ4n) is 1.65. The number of rotatable bonds is 9. The van der Waals surface area contributed by atoms with Crippen molar-refractivity contribution in [2.24, 2.45) is 0 Å². The highest BCUT2D eigenvalue weighted by molar-refractivity contribution is 9.10. The second kappa shape index (κ2) is 9.80. The number of methoxy groups -OCH3 is 2. The van der Waals surface area contributed by atoms with E-state index in [2.05, 4.69) is 21.2 Å². The van der Waals surface area contributed by atoms with E-state index in [1.807, 2.05) is 31.2 Å².